The number of amides is 1. The molecule has 0 aromatic heterocycles. The standard InChI is InChI=1S/C30H35NO9S/c1-4-39-29(33)23(31-30(34)40-18-19-9-6-5-7-10-19)15-16-41(35,36)25-17-20-13-14-24(32)21-11-8-12-22(21)26(20)28(38-3)27(25)37-2/h5-7,9-10,17,23H,4,8,11-16,18H2,1-3H3,(H,31,34). The second-order valence-corrected chi connectivity index (χ2v) is 11.9. The van der Waals surface area contributed by atoms with Gasteiger partial charge < -0.3 is 24.3 Å². The van der Waals surface area contributed by atoms with Gasteiger partial charge in [0.25, 0.3) is 0 Å². The molecule has 220 valence electrons. The summed E-state index contributed by atoms with van der Waals surface area (Å²) in [6.07, 6.45) is 1.74. The number of methoxy groups -OCH3 is 2. The van der Waals surface area contributed by atoms with E-state index < -0.39 is 33.7 Å². The van der Waals surface area contributed by atoms with E-state index >= 15 is 0 Å². The summed E-state index contributed by atoms with van der Waals surface area (Å²) >= 11 is 0. The lowest BCUT2D eigenvalue weighted by Gasteiger charge is -2.21. The van der Waals surface area contributed by atoms with Crippen molar-refractivity contribution >= 4 is 33.3 Å². The number of nitrogens with one attached hydrogen (secondary N) is 1. The molecule has 0 fully saturated rings. The first-order valence-electron chi connectivity index (χ1n) is 13.6. The van der Waals surface area contributed by atoms with Crippen molar-refractivity contribution in [2.45, 2.75) is 63.0 Å². The maximum absolute atomic E-state index is 13.7. The lowest BCUT2D eigenvalue weighted by atomic mass is 9.95. The lowest BCUT2D eigenvalue weighted by molar-refractivity contribution is -0.145. The third kappa shape index (κ3) is 6.73. The Hall–Kier alpha value is -3.86. The predicted molar refractivity (Wildman–Crippen MR) is 150 cm³/mol. The molecule has 10 nitrogen and oxygen atoms in total. The van der Waals surface area contributed by atoms with Gasteiger partial charge in [0.15, 0.2) is 27.1 Å². The fraction of sp³-hybridized carbons (Fsp3) is 0.433. The van der Waals surface area contributed by atoms with Gasteiger partial charge in [0.05, 0.1) is 26.6 Å². The fourth-order valence-corrected chi connectivity index (χ4v) is 6.87. The molecule has 0 bridgehead atoms. The van der Waals surface area contributed by atoms with Crippen LogP contribution in [0.1, 0.15) is 55.7 Å². The van der Waals surface area contributed by atoms with Crippen LogP contribution in [0.25, 0.3) is 5.57 Å². The van der Waals surface area contributed by atoms with E-state index in [9.17, 15) is 22.8 Å². The Morgan fingerprint density at radius 3 is 2.34 bits per heavy atom. The van der Waals surface area contributed by atoms with Crippen molar-refractivity contribution in [1.29, 1.82) is 0 Å². The van der Waals surface area contributed by atoms with Gasteiger partial charge in [0, 0.05) is 12.0 Å². The van der Waals surface area contributed by atoms with Gasteiger partial charge in [-0.15, -0.1) is 0 Å². The summed E-state index contributed by atoms with van der Waals surface area (Å²) in [5, 5.41) is 2.44. The van der Waals surface area contributed by atoms with Gasteiger partial charge in [0.1, 0.15) is 17.5 Å². The summed E-state index contributed by atoms with van der Waals surface area (Å²) in [6.45, 7) is 1.64. The van der Waals surface area contributed by atoms with Gasteiger partial charge in [-0.1, -0.05) is 30.3 Å². The maximum Gasteiger partial charge on any atom is 0.408 e. The second-order valence-electron chi connectivity index (χ2n) is 9.83. The van der Waals surface area contributed by atoms with Crippen LogP contribution in [0.2, 0.25) is 0 Å². The highest BCUT2D eigenvalue weighted by atomic mass is 32.2. The highest BCUT2D eigenvalue weighted by molar-refractivity contribution is 7.91. The topological polar surface area (TPSA) is 134 Å². The van der Waals surface area contributed by atoms with E-state index in [0.717, 1.165) is 28.7 Å². The molecule has 4 rings (SSSR count). The Morgan fingerprint density at radius 1 is 0.951 bits per heavy atom. The van der Waals surface area contributed by atoms with Crippen LogP contribution in [0.4, 0.5) is 4.79 Å². The quantitative estimate of drug-likeness (QED) is 0.386. The zero-order valence-electron chi connectivity index (χ0n) is 23.5. The Kier molecular flexibility index (Phi) is 9.69. The Labute approximate surface area is 239 Å². The van der Waals surface area contributed by atoms with E-state index in [4.69, 9.17) is 18.9 Å². The van der Waals surface area contributed by atoms with E-state index in [-0.39, 0.29) is 48.2 Å². The predicted octanol–water partition coefficient (Wildman–Crippen LogP) is 4.18. The van der Waals surface area contributed by atoms with Crippen LogP contribution in [-0.4, -0.2) is 58.9 Å². The SMILES string of the molecule is CCOC(=O)C(CCS(=O)(=O)c1cc2c(c(OC)c1OC)C1=C(CCC1)C(=O)CC2)NC(=O)OCc1ccccc1. The maximum atomic E-state index is 13.7. The van der Waals surface area contributed by atoms with Crippen molar-refractivity contribution in [3.05, 3.63) is 58.7 Å². The fourth-order valence-electron chi connectivity index (χ4n) is 5.32. The summed E-state index contributed by atoms with van der Waals surface area (Å²) < 4.78 is 49.0. The van der Waals surface area contributed by atoms with E-state index in [1.165, 1.54) is 14.2 Å². The smallest absolute Gasteiger partial charge is 0.408 e. The number of rotatable bonds is 11. The molecule has 2 aromatic carbocycles. The monoisotopic (exact) mass is 585 g/mol. The molecule has 1 amide bonds. The summed E-state index contributed by atoms with van der Waals surface area (Å²) in [6, 6.07) is 9.29. The molecule has 0 radical (unpaired) electrons. The summed E-state index contributed by atoms with van der Waals surface area (Å²) in [4.78, 5) is 37.8. The normalized spacial score (nSPS) is 15.3. The van der Waals surface area contributed by atoms with Crippen molar-refractivity contribution in [2.24, 2.45) is 0 Å². The number of fused-ring (bicyclic) bond motifs is 2. The van der Waals surface area contributed by atoms with Gasteiger partial charge in [-0.3, -0.25) is 4.79 Å². The third-order valence-electron chi connectivity index (χ3n) is 7.26. The molecular weight excluding hydrogens is 550 g/mol. The van der Waals surface area contributed by atoms with E-state index in [1.807, 2.05) is 6.07 Å². The highest BCUT2D eigenvalue weighted by Crippen LogP contribution is 2.49. The number of ketones is 1. The largest absolute Gasteiger partial charge is 0.492 e. The first kappa shape index (κ1) is 30.1. The van der Waals surface area contributed by atoms with E-state index in [2.05, 4.69) is 5.32 Å². The molecule has 11 heteroatoms. The van der Waals surface area contributed by atoms with Gasteiger partial charge in [-0.05, 0) is 67.4 Å². The van der Waals surface area contributed by atoms with Crippen molar-refractivity contribution < 1.29 is 41.7 Å². The van der Waals surface area contributed by atoms with Crippen molar-refractivity contribution in [2.75, 3.05) is 26.6 Å². The van der Waals surface area contributed by atoms with Gasteiger partial charge in [-0.25, -0.2) is 18.0 Å². The number of alkyl carbamates (subject to hydrolysis) is 1. The number of sulfone groups is 1. The number of hydrogen-bond acceptors (Lipinski definition) is 9. The Balaban J connectivity index is 1.58. The highest BCUT2D eigenvalue weighted by Gasteiger charge is 2.35. The summed E-state index contributed by atoms with van der Waals surface area (Å²) in [7, 11) is -1.25. The first-order chi connectivity index (χ1) is 19.7. The van der Waals surface area contributed by atoms with Crippen LogP contribution in [0.3, 0.4) is 0 Å². The number of benzene rings is 2. The minimum atomic E-state index is -4.06. The number of ether oxygens (including phenoxy) is 4. The molecule has 0 spiro atoms. The summed E-state index contributed by atoms with van der Waals surface area (Å²) in [5.41, 5.74) is 3.86. The number of Topliss-reactive ketones (excluding diaryl/α,β-unsaturated/α-hetero) is 1. The molecule has 2 aliphatic rings. The lowest BCUT2D eigenvalue weighted by Crippen LogP contribution is -2.43. The average molecular weight is 586 g/mol. The van der Waals surface area contributed by atoms with Crippen molar-refractivity contribution in [1.82, 2.24) is 5.32 Å². The van der Waals surface area contributed by atoms with E-state index in [0.29, 0.717) is 24.8 Å². The number of allylic oxidation sites excluding steroid dienone is 2. The number of aryl methyl sites for hydroxylation is 1. The molecule has 0 saturated heterocycles. The minimum absolute atomic E-state index is 0.0205. The molecule has 1 atom stereocenters. The van der Waals surface area contributed by atoms with Gasteiger partial charge in [-0.2, -0.15) is 0 Å². The summed E-state index contributed by atoms with van der Waals surface area (Å²) in [5.74, 6) is -0.883. The van der Waals surface area contributed by atoms with Crippen LogP contribution in [0.15, 0.2) is 46.9 Å². The molecule has 41 heavy (non-hydrogen) atoms. The number of esters is 1. The molecule has 1 N–H and O–H groups in total. The minimum Gasteiger partial charge on any atom is -0.492 e. The molecular formula is C30H35NO9S. The molecule has 1 unspecified atom stereocenters. The Morgan fingerprint density at radius 2 is 1.66 bits per heavy atom. The zero-order valence-corrected chi connectivity index (χ0v) is 24.3. The number of carbonyl (C=O) groups excluding carboxylic acids is 3. The van der Waals surface area contributed by atoms with Crippen LogP contribution in [0.5, 0.6) is 11.5 Å². The second kappa shape index (κ2) is 13.2. The van der Waals surface area contributed by atoms with Crippen molar-refractivity contribution in [3.63, 3.8) is 0 Å². The molecule has 0 heterocycles. The van der Waals surface area contributed by atoms with Crippen LogP contribution in [-0.2, 0) is 41.9 Å². The molecule has 0 saturated carbocycles. The zero-order chi connectivity index (χ0) is 29.6. The molecule has 2 aliphatic carbocycles. The number of carbonyl (C=O) groups is 3. The van der Waals surface area contributed by atoms with Crippen LogP contribution in [0, 0.1) is 0 Å². The van der Waals surface area contributed by atoms with Crippen molar-refractivity contribution in [3.8, 4) is 11.5 Å². The third-order valence-corrected chi connectivity index (χ3v) is 9.00. The average Bonchev–Trinajstić information content (AvgIpc) is 3.41. The molecule has 0 aliphatic heterocycles. The van der Waals surface area contributed by atoms with Gasteiger partial charge in [0.2, 0.25) is 0 Å². The van der Waals surface area contributed by atoms with Gasteiger partial charge >= 0.3 is 12.1 Å². The van der Waals surface area contributed by atoms with Crippen LogP contribution < -0.4 is 14.8 Å². The number of hydrogen-bond donors (Lipinski definition) is 1. The van der Waals surface area contributed by atoms with E-state index in [1.54, 1.807) is 37.3 Å². The van der Waals surface area contributed by atoms with Crippen LogP contribution >= 0.6 is 0 Å². The Bertz CT molecular complexity index is 1450. The first-order valence-corrected chi connectivity index (χ1v) is 15.2. The molecule has 2 aromatic rings.